The van der Waals surface area contributed by atoms with Crippen molar-refractivity contribution in [2.24, 2.45) is 0 Å². The number of nitrogens with one attached hydrogen (secondary N) is 2. The van der Waals surface area contributed by atoms with E-state index in [9.17, 15) is 9.59 Å². The van der Waals surface area contributed by atoms with Crippen molar-refractivity contribution in [1.82, 2.24) is 15.5 Å². The molecule has 1 heterocycles. The molecule has 0 aromatic heterocycles. The van der Waals surface area contributed by atoms with E-state index in [2.05, 4.69) is 29.4 Å². The maximum atomic E-state index is 11.3. The van der Waals surface area contributed by atoms with Gasteiger partial charge in [0.15, 0.2) is 0 Å². The van der Waals surface area contributed by atoms with Crippen LogP contribution in [-0.4, -0.2) is 68.4 Å². The summed E-state index contributed by atoms with van der Waals surface area (Å²) in [4.78, 5) is 24.6. The first-order valence-corrected chi connectivity index (χ1v) is 5.41. The van der Waals surface area contributed by atoms with Gasteiger partial charge in [0.1, 0.15) is 0 Å². The summed E-state index contributed by atoms with van der Waals surface area (Å²) in [6, 6.07) is 0.0610. The number of carbonyl (C=O) groups is 2. The summed E-state index contributed by atoms with van der Waals surface area (Å²) in [7, 11) is 0. The molecule has 0 atom stereocenters. The van der Waals surface area contributed by atoms with Gasteiger partial charge in [-0.3, -0.25) is 10.1 Å². The third-order valence-corrected chi connectivity index (χ3v) is 2.52. The topological polar surface area (TPSA) is 61.4 Å². The van der Waals surface area contributed by atoms with Crippen molar-refractivity contribution in [2.75, 3.05) is 19.6 Å². The predicted molar refractivity (Wildman–Crippen MR) is 67.5 cm³/mol. The molecule has 2 N–H and O–H groups in total. The number of nitrogens with zero attached hydrogens (tertiary/aromatic N) is 1. The number of urea groups is 1. The quantitative estimate of drug-likeness (QED) is 0.732. The summed E-state index contributed by atoms with van der Waals surface area (Å²) < 4.78 is 0. The number of hydrogen-bond acceptors (Lipinski definition) is 3. The van der Waals surface area contributed by atoms with E-state index < -0.39 is 0 Å². The normalized spacial score (nSPS) is 19.7. The van der Waals surface area contributed by atoms with Crippen LogP contribution in [0.3, 0.4) is 0 Å². The average molecular weight is 332 g/mol. The number of carbonyl (C=O) groups excluding carboxylic acids is 2. The van der Waals surface area contributed by atoms with Crippen LogP contribution in [0.2, 0.25) is 0 Å². The molecule has 0 spiro atoms. The van der Waals surface area contributed by atoms with Crippen molar-refractivity contribution in [3.8, 4) is 0 Å². The van der Waals surface area contributed by atoms with E-state index in [1.165, 1.54) is 0 Å². The molecule has 1 aliphatic heterocycles. The van der Waals surface area contributed by atoms with Crippen LogP contribution < -0.4 is 10.6 Å². The molecule has 1 aliphatic rings. The molecule has 3 radical (unpaired) electrons. The molecule has 5 nitrogen and oxygen atoms in total. The van der Waals surface area contributed by atoms with Crippen LogP contribution in [0.15, 0.2) is 0 Å². The van der Waals surface area contributed by atoms with Gasteiger partial charge < -0.3 is 10.2 Å². The van der Waals surface area contributed by atoms with Gasteiger partial charge in [-0.2, -0.15) is 0 Å². The van der Waals surface area contributed by atoms with Crippen molar-refractivity contribution in [2.45, 2.75) is 32.7 Å². The van der Waals surface area contributed by atoms with Crippen molar-refractivity contribution < 1.29 is 12.4 Å². The fraction of sp³-hybridized carbons (Fsp3) is 0.800. The monoisotopic (exact) mass is 332 g/mol. The Hall–Kier alpha value is -0.230. The van der Waals surface area contributed by atoms with E-state index in [1.807, 2.05) is 0 Å². The molecule has 0 saturated carbocycles. The molecule has 16 heavy (non-hydrogen) atoms. The zero-order valence-corrected chi connectivity index (χ0v) is 13.2. The summed E-state index contributed by atoms with van der Waals surface area (Å²) in [6.07, 6.45) is 1.30. The van der Waals surface area contributed by atoms with Crippen LogP contribution in [-0.2, 0) is 4.79 Å². The Morgan fingerprint density at radius 3 is 2.62 bits per heavy atom. The number of imide groups is 1. The Kier molecular flexibility index (Phi) is 7.84. The predicted octanol–water partition coefficient (Wildman–Crippen LogP) is 0.428. The minimum absolute atomic E-state index is 0. The standard InChI is InChI=1S/C10H19N3O2.In.2H2/c1-8(2)13-6-3-5-11-10(15)12-9(14)4-7-13;;;/h8H,3-7H2,1-2H3,(H2,11,12,14,15);;2*1H. The van der Waals surface area contributed by atoms with E-state index >= 15 is 0 Å². The van der Waals surface area contributed by atoms with Crippen molar-refractivity contribution in [3.05, 3.63) is 0 Å². The molecule has 3 amide bonds. The van der Waals surface area contributed by atoms with Gasteiger partial charge >= 0.3 is 6.03 Å². The van der Waals surface area contributed by atoms with Crippen LogP contribution in [0.5, 0.6) is 0 Å². The molecule has 93 valence electrons. The van der Waals surface area contributed by atoms with Crippen LogP contribution in [0, 0.1) is 0 Å². The molecule has 0 aliphatic carbocycles. The van der Waals surface area contributed by atoms with Crippen LogP contribution >= 0.6 is 0 Å². The first-order chi connectivity index (χ1) is 7.09. The van der Waals surface area contributed by atoms with Gasteiger partial charge in [0, 0.05) is 60.8 Å². The summed E-state index contributed by atoms with van der Waals surface area (Å²) in [6.45, 7) is 6.48. The van der Waals surface area contributed by atoms with E-state index in [0.717, 1.165) is 19.5 Å². The van der Waals surface area contributed by atoms with Crippen molar-refractivity contribution in [1.29, 1.82) is 0 Å². The van der Waals surface area contributed by atoms with E-state index in [1.54, 1.807) is 0 Å². The molecule has 0 aromatic carbocycles. The fourth-order valence-corrected chi connectivity index (χ4v) is 1.59. The summed E-state index contributed by atoms with van der Waals surface area (Å²) in [5.74, 6) is -0.208. The van der Waals surface area contributed by atoms with Gasteiger partial charge in [0.25, 0.3) is 0 Å². The van der Waals surface area contributed by atoms with Crippen molar-refractivity contribution in [3.63, 3.8) is 0 Å². The molecular weight excluding hydrogens is 309 g/mol. The minimum atomic E-state index is -0.377. The van der Waals surface area contributed by atoms with E-state index in [0.29, 0.717) is 19.0 Å². The Morgan fingerprint density at radius 2 is 2.00 bits per heavy atom. The third-order valence-electron chi connectivity index (χ3n) is 2.52. The third kappa shape index (κ3) is 5.75. The maximum absolute atomic E-state index is 11.3. The molecule has 6 heteroatoms. The fourth-order valence-electron chi connectivity index (χ4n) is 1.59. The van der Waals surface area contributed by atoms with Gasteiger partial charge in [0.2, 0.25) is 5.91 Å². The van der Waals surface area contributed by atoms with Gasteiger partial charge in [-0.25, -0.2) is 4.79 Å². The molecular formula is C10H23InN3O2. The summed E-state index contributed by atoms with van der Waals surface area (Å²) >= 11 is 0. The Balaban J connectivity index is -0.000000750. The van der Waals surface area contributed by atoms with Crippen LogP contribution in [0.4, 0.5) is 4.79 Å². The van der Waals surface area contributed by atoms with E-state index in [-0.39, 0.29) is 40.6 Å². The number of hydrogen-bond donors (Lipinski definition) is 2. The maximum Gasteiger partial charge on any atom is 0.321 e. The number of amides is 3. The second-order valence-corrected chi connectivity index (χ2v) is 4.04. The second-order valence-electron chi connectivity index (χ2n) is 4.04. The van der Waals surface area contributed by atoms with Gasteiger partial charge in [-0.05, 0) is 20.3 Å². The summed E-state index contributed by atoms with van der Waals surface area (Å²) in [5.41, 5.74) is 0. The molecule has 0 bridgehead atoms. The van der Waals surface area contributed by atoms with Gasteiger partial charge in [0.05, 0.1) is 0 Å². The zero-order chi connectivity index (χ0) is 11.3. The molecule has 1 saturated heterocycles. The summed E-state index contributed by atoms with van der Waals surface area (Å²) in [5, 5.41) is 4.94. The second kappa shape index (κ2) is 7.95. The number of rotatable bonds is 1. The SMILES string of the molecule is CC(C)N1CCCNC(=O)NC(=O)CC1.[HH].[HH].[In]. The Labute approximate surface area is 118 Å². The molecule has 1 rings (SSSR count). The van der Waals surface area contributed by atoms with E-state index in [4.69, 9.17) is 0 Å². The van der Waals surface area contributed by atoms with Crippen LogP contribution in [0.1, 0.15) is 29.5 Å². The van der Waals surface area contributed by atoms with Crippen LogP contribution in [0.25, 0.3) is 0 Å². The zero-order valence-electron chi connectivity index (χ0n) is 9.95. The molecule has 0 unspecified atom stereocenters. The molecule has 1 fully saturated rings. The first kappa shape index (κ1) is 15.8. The Morgan fingerprint density at radius 1 is 1.31 bits per heavy atom. The average Bonchev–Trinajstić information content (AvgIpc) is 2.15. The minimum Gasteiger partial charge on any atom is -0.338 e. The van der Waals surface area contributed by atoms with Crippen molar-refractivity contribution >= 4 is 37.8 Å². The molecule has 0 aromatic rings. The first-order valence-electron chi connectivity index (χ1n) is 5.41. The largest absolute Gasteiger partial charge is 0.338 e. The Bertz CT molecular complexity index is 255. The van der Waals surface area contributed by atoms with Gasteiger partial charge in [-0.1, -0.05) is 0 Å². The van der Waals surface area contributed by atoms with Gasteiger partial charge in [-0.15, -0.1) is 0 Å². The smallest absolute Gasteiger partial charge is 0.321 e.